The van der Waals surface area contributed by atoms with E-state index in [4.69, 9.17) is 4.98 Å². The highest BCUT2D eigenvalue weighted by molar-refractivity contribution is 7.99. The zero-order chi connectivity index (χ0) is 19.0. The van der Waals surface area contributed by atoms with Crippen LogP contribution in [0.1, 0.15) is 36.7 Å². The van der Waals surface area contributed by atoms with Gasteiger partial charge in [-0.25, -0.2) is 4.98 Å². The van der Waals surface area contributed by atoms with Crippen LogP contribution < -0.4 is 5.32 Å². The predicted molar refractivity (Wildman–Crippen MR) is 111 cm³/mol. The van der Waals surface area contributed by atoms with Gasteiger partial charge in [-0.3, -0.25) is 4.79 Å². The summed E-state index contributed by atoms with van der Waals surface area (Å²) in [7, 11) is 0. The van der Waals surface area contributed by atoms with Crippen LogP contribution in [0.2, 0.25) is 0 Å². The SMILES string of the molecule is CC(C)(C)c1ccc(C(=O)Nc2ccccc2-c2cn3c(n2)SCC3)cc1. The number of thioether (sulfide) groups is 1. The van der Waals surface area contributed by atoms with E-state index in [9.17, 15) is 4.79 Å². The Hall–Kier alpha value is -2.53. The maximum absolute atomic E-state index is 12.8. The van der Waals surface area contributed by atoms with Gasteiger partial charge in [-0.15, -0.1) is 0 Å². The molecule has 27 heavy (non-hydrogen) atoms. The first-order valence-electron chi connectivity index (χ1n) is 9.13. The van der Waals surface area contributed by atoms with Crippen molar-refractivity contribution < 1.29 is 4.79 Å². The molecule has 5 heteroatoms. The molecular formula is C22H23N3OS. The number of fused-ring (bicyclic) bond motifs is 1. The summed E-state index contributed by atoms with van der Waals surface area (Å²) in [6, 6.07) is 15.7. The molecule has 4 rings (SSSR count). The maximum atomic E-state index is 12.8. The molecule has 1 amide bonds. The number of carbonyl (C=O) groups is 1. The Morgan fingerprint density at radius 2 is 1.85 bits per heavy atom. The molecule has 0 bridgehead atoms. The van der Waals surface area contributed by atoms with Gasteiger partial charge >= 0.3 is 0 Å². The number of benzene rings is 2. The Kier molecular flexibility index (Phi) is 4.56. The highest BCUT2D eigenvalue weighted by Gasteiger charge is 2.18. The van der Waals surface area contributed by atoms with Crippen LogP contribution in [0, 0.1) is 0 Å². The number of anilines is 1. The molecule has 0 unspecified atom stereocenters. The molecule has 1 aromatic heterocycles. The second kappa shape index (κ2) is 6.89. The fraction of sp³-hybridized carbons (Fsp3) is 0.273. The molecule has 1 N–H and O–H groups in total. The van der Waals surface area contributed by atoms with Crippen LogP contribution in [0.4, 0.5) is 5.69 Å². The van der Waals surface area contributed by atoms with Crippen molar-refractivity contribution >= 4 is 23.4 Å². The molecule has 3 aromatic rings. The fourth-order valence-electron chi connectivity index (χ4n) is 3.17. The standard InChI is InChI=1S/C22H23N3OS/c1-22(2,3)16-10-8-15(9-11-16)20(26)23-18-7-5-4-6-17(18)19-14-25-12-13-27-21(25)24-19/h4-11,14H,12-13H2,1-3H3,(H,23,26). The van der Waals surface area contributed by atoms with Crippen LogP contribution in [0.25, 0.3) is 11.3 Å². The van der Waals surface area contributed by atoms with Gasteiger partial charge in [0.15, 0.2) is 5.16 Å². The number of para-hydroxylation sites is 1. The average Bonchev–Trinajstić information content (AvgIpc) is 3.23. The molecule has 1 aliphatic heterocycles. The zero-order valence-corrected chi connectivity index (χ0v) is 16.6. The van der Waals surface area contributed by atoms with E-state index in [1.807, 2.05) is 48.5 Å². The number of nitrogens with zero attached hydrogens (tertiary/aromatic N) is 2. The summed E-state index contributed by atoms with van der Waals surface area (Å²) < 4.78 is 2.17. The normalized spacial score (nSPS) is 13.4. The van der Waals surface area contributed by atoms with Crippen LogP contribution in [0.15, 0.2) is 59.9 Å². The Labute approximate surface area is 164 Å². The van der Waals surface area contributed by atoms with E-state index in [0.717, 1.165) is 34.4 Å². The summed E-state index contributed by atoms with van der Waals surface area (Å²) in [6.07, 6.45) is 2.07. The van der Waals surface area contributed by atoms with Crippen LogP contribution in [0.3, 0.4) is 0 Å². The molecule has 2 aromatic carbocycles. The van der Waals surface area contributed by atoms with Gasteiger partial charge in [0.05, 0.1) is 11.4 Å². The summed E-state index contributed by atoms with van der Waals surface area (Å²) in [6.45, 7) is 7.48. The van der Waals surface area contributed by atoms with Crippen molar-refractivity contribution in [3.05, 3.63) is 65.9 Å². The summed E-state index contributed by atoms with van der Waals surface area (Å²) >= 11 is 1.77. The number of carbonyl (C=O) groups excluding carboxylic acids is 1. The van der Waals surface area contributed by atoms with Crippen molar-refractivity contribution in [3.63, 3.8) is 0 Å². The molecule has 0 aliphatic carbocycles. The molecule has 0 fully saturated rings. The van der Waals surface area contributed by atoms with Gasteiger partial charge in [-0.05, 0) is 29.2 Å². The van der Waals surface area contributed by atoms with E-state index in [0.29, 0.717) is 5.56 Å². The van der Waals surface area contributed by atoms with Crippen molar-refractivity contribution in [1.29, 1.82) is 0 Å². The van der Waals surface area contributed by atoms with Crippen LogP contribution in [-0.4, -0.2) is 21.2 Å². The predicted octanol–water partition coefficient (Wildman–Crippen LogP) is 5.21. The highest BCUT2D eigenvalue weighted by Crippen LogP contribution is 2.32. The quantitative estimate of drug-likeness (QED) is 0.682. The Morgan fingerprint density at radius 3 is 2.56 bits per heavy atom. The Bertz CT molecular complexity index is 962. The largest absolute Gasteiger partial charge is 0.325 e. The molecule has 0 atom stereocenters. The van der Waals surface area contributed by atoms with Crippen molar-refractivity contribution in [2.45, 2.75) is 37.9 Å². The molecule has 4 nitrogen and oxygen atoms in total. The van der Waals surface area contributed by atoms with E-state index in [1.54, 1.807) is 11.8 Å². The third-order valence-corrected chi connectivity index (χ3v) is 5.74. The molecule has 0 spiro atoms. The lowest BCUT2D eigenvalue weighted by atomic mass is 9.86. The average molecular weight is 378 g/mol. The second-order valence-electron chi connectivity index (χ2n) is 7.78. The molecule has 0 radical (unpaired) electrons. The van der Waals surface area contributed by atoms with Crippen molar-refractivity contribution in [2.24, 2.45) is 0 Å². The van der Waals surface area contributed by atoms with E-state index in [1.165, 1.54) is 5.56 Å². The molecule has 2 heterocycles. The first kappa shape index (κ1) is 17.9. The summed E-state index contributed by atoms with van der Waals surface area (Å²) in [4.78, 5) is 17.5. The minimum atomic E-state index is -0.107. The van der Waals surface area contributed by atoms with E-state index >= 15 is 0 Å². The second-order valence-corrected chi connectivity index (χ2v) is 8.84. The van der Waals surface area contributed by atoms with Crippen LogP contribution in [-0.2, 0) is 12.0 Å². The number of imidazole rings is 1. The number of aryl methyl sites for hydroxylation is 1. The number of aromatic nitrogens is 2. The molecular weight excluding hydrogens is 354 g/mol. The van der Waals surface area contributed by atoms with Gasteiger partial charge in [0.25, 0.3) is 5.91 Å². The first-order chi connectivity index (χ1) is 12.9. The van der Waals surface area contributed by atoms with Crippen molar-refractivity contribution in [3.8, 4) is 11.3 Å². The lowest BCUT2D eigenvalue weighted by molar-refractivity contribution is 0.102. The van der Waals surface area contributed by atoms with E-state index < -0.39 is 0 Å². The topological polar surface area (TPSA) is 46.9 Å². The van der Waals surface area contributed by atoms with Crippen LogP contribution >= 0.6 is 11.8 Å². The van der Waals surface area contributed by atoms with Gasteiger partial charge in [0.2, 0.25) is 0 Å². The zero-order valence-electron chi connectivity index (χ0n) is 15.8. The number of amides is 1. The fourth-order valence-corrected chi connectivity index (χ4v) is 4.11. The van der Waals surface area contributed by atoms with Crippen molar-refractivity contribution in [1.82, 2.24) is 9.55 Å². The van der Waals surface area contributed by atoms with Gasteiger partial charge in [-0.2, -0.15) is 0 Å². The lowest BCUT2D eigenvalue weighted by Crippen LogP contribution is -2.14. The highest BCUT2D eigenvalue weighted by atomic mass is 32.2. The number of hydrogen-bond acceptors (Lipinski definition) is 3. The lowest BCUT2D eigenvalue weighted by Gasteiger charge is -2.19. The number of rotatable bonds is 3. The smallest absolute Gasteiger partial charge is 0.255 e. The third kappa shape index (κ3) is 3.65. The number of hydrogen-bond donors (Lipinski definition) is 1. The number of nitrogens with one attached hydrogen (secondary N) is 1. The molecule has 0 saturated heterocycles. The third-order valence-electron chi connectivity index (χ3n) is 4.77. The van der Waals surface area contributed by atoms with Crippen molar-refractivity contribution in [2.75, 3.05) is 11.1 Å². The van der Waals surface area contributed by atoms with Crippen LogP contribution in [0.5, 0.6) is 0 Å². The Balaban J connectivity index is 1.58. The first-order valence-corrected chi connectivity index (χ1v) is 10.1. The van der Waals surface area contributed by atoms with Gasteiger partial charge in [-0.1, -0.05) is 62.9 Å². The minimum absolute atomic E-state index is 0.0706. The van der Waals surface area contributed by atoms with Gasteiger partial charge in [0, 0.05) is 29.6 Å². The van der Waals surface area contributed by atoms with Gasteiger partial charge < -0.3 is 9.88 Å². The molecule has 0 saturated carbocycles. The molecule has 138 valence electrons. The van der Waals surface area contributed by atoms with Gasteiger partial charge in [0.1, 0.15) is 0 Å². The minimum Gasteiger partial charge on any atom is -0.325 e. The summed E-state index contributed by atoms with van der Waals surface area (Å²) in [5, 5.41) is 4.10. The maximum Gasteiger partial charge on any atom is 0.255 e. The van der Waals surface area contributed by atoms with E-state index in [-0.39, 0.29) is 11.3 Å². The Morgan fingerprint density at radius 1 is 1.11 bits per heavy atom. The summed E-state index contributed by atoms with van der Waals surface area (Å²) in [5.41, 5.74) is 4.56. The monoisotopic (exact) mass is 377 g/mol. The van der Waals surface area contributed by atoms with E-state index in [2.05, 4.69) is 36.9 Å². The summed E-state index contributed by atoms with van der Waals surface area (Å²) in [5.74, 6) is 0.968. The molecule has 1 aliphatic rings.